The summed E-state index contributed by atoms with van der Waals surface area (Å²) in [7, 11) is 0. The van der Waals surface area contributed by atoms with Gasteiger partial charge in [-0.25, -0.2) is 0 Å². The first-order valence-electron chi connectivity index (χ1n) is 11.5. The van der Waals surface area contributed by atoms with Crippen LogP contribution in [0.3, 0.4) is 0 Å². The number of carbonyl (C=O) groups excluding carboxylic acids is 2. The molecule has 0 aromatic heterocycles. The third-order valence-electron chi connectivity index (χ3n) is 6.33. The third kappa shape index (κ3) is 5.32. The van der Waals surface area contributed by atoms with Crippen LogP contribution in [0.1, 0.15) is 40.0 Å². The average Bonchev–Trinajstić information content (AvgIpc) is 2.83. The second kappa shape index (κ2) is 10.0. The Morgan fingerprint density at radius 2 is 1.52 bits per heavy atom. The van der Waals surface area contributed by atoms with Crippen molar-refractivity contribution in [2.75, 3.05) is 36.4 Å². The van der Waals surface area contributed by atoms with Crippen molar-refractivity contribution in [1.82, 2.24) is 4.90 Å². The summed E-state index contributed by atoms with van der Waals surface area (Å²) in [5, 5.41) is 3.18. The Kier molecular flexibility index (Phi) is 6.90. The van der Waals surface area contributed by atoms with Crippen LogP contribution >= 0.6 is 0 Å². The lowest BCUT2D eigenvalue weighted by Crippen LogP contribution is -2.50. The summed E-state index contributed by atoms with van der Waals surface area (Å²) in [5.74, 6) is 0.0705. The highest BCUT2D eigenvalue weighted by atomic mass is 16.2. The van der Waals surface area contributed by atoms with Crippen molar-refractivity contribution in [2.45, 2.75) is 26.8 Å². The van der Waals surface area contributed by atoms with E-state index in [-0.39, 0.29) is 17.7 Å². The molecule has 1 atom stereocenters. The molecule has 5 heteroatoms. The number of piperazine rings is 1. The number of hydrogen-bond donors (Lipinski definition) is 1. The molecule has 0 radical (unpaired) electrons. The van der Waals surface area contributed by atoms with Crippen molar-refractivity contribution in [1.29, 1.82) is 0 Å². The maximum Gasteiger partial charge on any atom is 0.246 e. The predicted octanol–water partition coefficient (Wildman–Crippen LogP) is 5.01. The highest BCUT2D eigenvalue weighted by molar-refractivity contribution is 5.96. The quantitative estimate of drug-likeness (QED) is 0.547. The van der Waals surface area contributed by atoms with E-state index in [0.717, 1.165) is 59.8 Å². The number of carbonyl (C=O) groups is 2. The lowest BCUT2D eigenvalue weighted by molar-refractivity contribution is -0.121. The van der Waals surface area contributed by atoms with Gasteiger partial charge < -0.3 is 10.2 Å². The molecule has 5 nitrogen and oxygen atoms in total. The van der Waals surface area contributed by atoms with Crippen molar-refractivity contribution in [2.24, 2.45) is 0 Å². The number of nitrogens with zero attached hydrogens (tertiary/aromatic N) is 2. The van der Waals surface area contributed by atoms with Crippen LogP contribution in [0.15, 0.2) is 72.8 Å². The molecule has 0 saturated carbocycles. The topological polar surface area (TPSA) is 52.7 Å². The van der Waals surface area contributed by atoms with E-state index in [1.807, 2.05) is 80.6 Å². The summed E-state index contributed by atoms with van der Waals surface area (Å²) < 4.78 is 0. The molecule has 1 aliphatic heterocycles. The number of ketones is 1. The standard InChI is InChI=1S/C28H31N3O2/c1-20-9-10-21(2)26(19-20)29-28(33)27(24-7-5-4-6-8-24)31-17-15-30(16-18-31)25-13-11-23(12-14-25)22(3)32/h4-14,19,27H,15-18H2,1-3H3,(H,29,33)/t27-/m0/s1. The van der Waals surface area contributed by atoms with Crippen LogP contribution in [-0.4, -0.2) is 42.8 Å². The first-order chi connectivity index (χ1) is 15.9. The summed E-state index contributed by atoms with van der Waals surface area (Å²) in [6.45, 7) is 8.82. The van der Waals surface area contributed by atoms with Gasteiger partial charge in [0.2, 0.25) is 5.91 Å². The minimum absolute atomic E-state index is 0.00541. The zero-order valence-corrected chi connectivity index (χ0v) is 19.5. The number of aryl methyl sites for hydroxylation is 2. The van der Waals surface area contributed by atoms with Gasteiger partial charge in [-0.1, -0.05) is 42.5 Å². The Morgan fingerprint density at radius 1 is 0.848 bits per heavy atom. The van der Waals surface area contributed by atoms with Gasteiger partial charge in [0.05, 0.1) is 0 Å². The molecule has 0 spiro atoms. The second-order valence-corrected chi connectivity index (χ2v) is 8.75. The SMILES string of the molecule is CC(=O)c1ccc(N2CCN([C@H](C(=O)Nc3cc(C)ccc3C)c3ccccc3)CC2)cc1. The van der Waals surface area contributed by atoms with E-state index >= 15 is 0 Å². The zero-order valence-electron chi connectivity index (χ0n) is 19.5. The highest BCUT2D eigenvalue weighted by Crippen LogP contribution is 2.27. The molecule has 3 aromatic carbocycles. The van der Waals surface area contributed by atoms with Gasteiger partial charge in [0, 0.05) is 43.1 Å². The molecule has 1 aliphatic rings. The summed E-state index contributed by atoms with van der Waals surface area (Å²) in [6, 6.07) is 23.6. The Hall–Kier alpha value is -3.44. The fourth-order valence-corrected chi connectivity index (χ4v) is 4.38. The first kappa shape index (κ1) is 22.7. The van der Waals surface area contributed by atoms with E-state index < -0.39 is 0 Å². The molecule has 1 N–H and O–H groups in total. The molecule has 0 aliphatic carbocycles. The van der Waals surface area contributed by atoms with Crippen LogP contribution in [0.25, 0.3) is 0 Å². The molecule has 1 amide bonds. The van der Waals surface area contributed by atoms with Gasteiger partial charge in [-0.2, -0.15) is 0 Å². The van der Waals surface area contributed by atoms with E-state index in [2.05, 4.69) is 21.2 Å². The number of anilines is 2. The lowest BCUT2D eigenvalue weighted by Gasteiger charge is -2.39. The number of nitrogens with one attached hydrogen (secondary N) is 1. The maximum atomic E-state index is 13.5. The molecular weight excluding hydrogens is 410 g/mol. The minimum atomic E-state index is -0.353. The van der Waals surface area contributed by atoms with Crippen molar-refractivity contribution < 1.29 is 9.59 Å². The Morgan fingerprint density at radius 3 is 2.15 bits per heavy atom. The molecule has 1 fully saturated rings. The molecule has 1 saturated heterocycles. The van der Waals surface area contributed by atoms with Gasteiger partial charge in [-0.3, -0.25) is 14.5 Å². The maximum absolute atomic E-state index is 13.5. The van der Waals surface area contributed by atoms with Crippen LogP contribution in [-0.2, 0) is 4.79 Å². The van der Waals surface area contributed by atoms with Crippen LogP contribution in [0.4, 0.5) is 11.4 Å². The molecule has 33 heavy (non-hydrogen) atoms. The van der Waals surface area contributed by atoms with Crippen LogP contribution in [0.5, 0.6) is 0 Å². The number of rotatable bonds is 6. The largest absolute Gasteiger partial charge is 0.369 e. The molecule has 0 unspecified atom stereocenters. The summed E-state index contributed by atoms with van der Waals surface area (Å²) in [5.41, 5.74) is 5.88. The van der Waals surface area contributed by atoms with Crippen LogP contribution in [0.2, 0.25) is 0 Å². The van der Waals surface area contributed by atoms with Crippen molar-refractivity contribution in [3.8, 4) is 0 Å². The number of hydrogen-bond acceptors (Lipinski definition) is 4. The van der Waals surface area contributed by atoms with Crippen molar-refractivity contribution in [3.63, 3.8) is 0 Å². The number of amides is 1. The summed E-state index contributed by atoms with van der Waals surface area (Å²) >= 11 is 0. The van der Waals surface area contributed by atoms with E-state index in [4.69, 9.17) is 0 Å². The fraction of sp³-hybridized carbons (Fsp3) is 0.286. The third-order valence-corrected chi connectivity index (χ3v) is 6.33. The van der Waals surface area contributed by atoms with Gasteiger partial charge in [-0.05, 0) is 67.8 Å². The second-order valence-electron chi connectivity index (χ2n) is 8.75. The van der Waals surface area contributed by atoms with Gasteiger partial charge in [-0.15, -0.1) is 0 Å². The number of Topliss-reactive ketones (excluding diaryl/α,β-unsaturated/α-hetero) is 1. The normalized spacial score (nSPS) is 15.2. The van der Waals surface area contributed by atoms with E-state index in [0.29, 0.717) is 0 Å². The predicted molar refractivity (Wildman–Crippen MR) is 134 cm³/mol. The van der Waals surface area contributed by atoms with Crippen molar-refractivity contribution in [3.05, 3.63) is 95.1 Å². The van der Waals surface area contributed by atoms with E-state index in [1.54, 1.807) is 6.92 Å². The van der Waals surface area contributed by atoms with E-state index in [1.165, 1.54) is 0 Å². The molecule has 1 heterocycles. The Balaban J connectivity index is 1.51. The molecule has 3 aromatic rings. The van der Waals surface area contributed by atoms with Crippen LogP contribution in [0, 0.1) is 13.8 Å². The van der Waals surface area contributed by atoms with E-state index in [9.17, 15) is 9.59 Å². The Labute approximate surface area is 196 Å². The fourth-order valence-electron chi connectivity index (χ4n) is 4.38. The lowest BCUT2D eigenvalue weighted by atomic mass is 10.0. The number of benzene rings is 3. The molecular formula is C28H31N3O2. The van der Waals surface area contributed by atoms with Crippen molar-refractivity contribution >= 4 is 23.1 Å². The van der Waals surface area contributed by atoms with Gasteiger partial charge in [0.25, 0.3) is 0 Å². The molecule has 4 rings (SSSR count). The summed E-state index contributed by atoms with van der Waals surface area (Å²) in [4.78, 5) is 29.7. The highest BCUT2D eigenvalue weighted by Gasteiger charge is 2.31. The first-order valence-corrected chi connectivity index (χ1v) is 11.5. The Bertz CT molecular complexity index is 1120. The van der Waals surface area contributed by atoms with Gasteiger partial charge >= 0.3 is 0 Å². The summed E-state index contributed by atoms with van der Waals surface area (Å²) in [6.07, 6.45) is 0. The monoisotopic (exact) mass is 441 g/mol. The smallest absolute Gasteiger partial charge is 0.246 e. The minimum Gasteiger partial charge on any atom is -0.369 e. The van der Waals surface area contributed by atoms with Gasteiger partial charge in [0.1, 0.15) is 6.04 Å². The average molecular weight is 442 g/mol. The molecule has 0 bridgehead atoms. The van der Waals surface area contributed by atoms with Gasteiger partial charge in [0.15, 0.2) is 5.78 Å². The zero-order chi connectivity index (χ0) is 23.4. The van der Waals surface area contributed by atoms with Crippen LogP contribution < -0.4 is 10.2 Å². The molecule has 170 valence electrons.